The summed E-state index contributed by atoms with van der Waals surface area (Å²) in [6.07, 6.45) is 1.88. The molecule has 2 aromatic rings. The number of fused-ring (bicyclic) bond motifs is 1. The molecule has 0 saturated carbocycles. The first-order valence-corrected chi connectivity index (χ1v) is 10.2. The molecule has 150 valence electrons. The number of rotatable bonds is 3. The minimum atomic E-state index is -0.359. The number of ether oxygens (including phenoxy) is 1. The number of hydrogen-bond donors (Lipinski definition) is 0. The number of hydrogen-bond acceptors (Lipinski definition) is 5. The Bertz CT molecular complexity index is 936. The molecule has 4 rings (SSSR count). The van der Waals surface area contributed by atoms with Crippen molar-refractivity contribution in [2.75, 3.05) is 39.4 Å². The number of morpholine rings is 1. The third kappa shape index (κ3) is 4.09. The maximum Gasteiger partial charge on any atom is 0.336 e. The van der Waals surface area contributed by atoms with Gasteiger partial charge in [-0.1, -0.05) is 11.6 Å². The SMILES string of the molecule is Cc1cc2oc(=O)cc(CN3CCCC(C(=O)N4CCOCC4)C3)c2cc1Cl. The molecule has 2 aliphatic rings. The van der Waals surface area contributed by atoms with Gasteiger partial charge in [0.25, 0.3) is 0 Å². The van der Waals surface area contributed by atoms with Gasteiger partial charge in [-0.3, -0.25) is 9.69 Å². The maximum atomic E-state index is 12.9. The molecule has 0 aliphatic carbocycles. The van der Waals surface area contributed by atoms with E-state index in [-0.39, 0.29) is 17.5 Å². The summed E-state index contributed by atoms with van der Waals surface area (Å²) in [5, 5.41) is 1.51. The van der Waals surface area contributed by atoms with E-state index in [0.717, 1.165) is 35.9 Å². The van der Waals surface area contributed by atoms with Crippen molar-refractivity contribution in [1.29, 1.82) is 0 Å². The molecule has 6 nitrogen and oxygen atoms in total. The summed E-state index contributed by atoms with van der Waals surface area (Å²) in [5.74, 6) is 0.230. The smallest absolute Gasteiger partial charge is 0.336 e. The normalized spacial score (nSPS) is 21.2. The van der Waals surface area contributed by atoms with Gasteiger partial charge >= 0.3 is 5.63 Å². The van der Waals surface area contributed by atoms with Gasteiger partial charge in [0.2, 0.25) is 5.91 Å². The van der Waals surface area contributed by atoms with E-state index in [1.54, 1.807) is 6.07 Å². The van der Waals surface area contributed by atoms with Crippen LogP contribution in [0.25, 0.3) is 11.0 Å². The van der Waals surface area contributed by atoms with Crippen molar-refractivity contribution in [3.8, 4) is 0 Å². The highest BCUT2D eigenvalue weighted by Gasteiger charge is 2.30. The molecule has 1 unspecified atom stereocenters. The molecule has 0 radical (unpaired) electrons. The molecule has 1 aromatic heterocycles. The summed E-state index contributed by atoms with van der Waals surface area (Å²) in [5.41, 5.74) is 1.97. The Balaban J connectivity index is 1.53. The van der Waals surface area contributed by atoms with E-state index in [4.69, 9.17) is 20.8 Å². The van der Waals surface area contributed by atoms with E-state index < -0.39 is 0 Å². The standard InChI is InChI=1S/C21H25ClN2O4/c1-14-9-19-17(11-18(14)22)16(10-20(25)28-19)13-23-4-2-3-15(12-23)21(26)24-5-7-27-8-6-24/h9-11,15H,2-8,12-13H2,1H3. The third-order valence-electron chi connectivity index (χ3n) is 5.68. The number of halogens is 1. The van der Waals surface area contributed by atoms with Crippen LogP contribution in [-0.4, -0.2) is 55.1 Å². The fraction of sp³-hybridized carbons (Fsp3) is 0.524. The number of piperidine rings is 1. The van der Waals surface area contributed by atoms with Gasteiger partial charge in [0, 0.05) is 42.7 Å². The Labute approximate surface area is 169 Å². The Morgan fingerprint density at radius 2 is 2.00 bits per heavy atom. The van der Waals surface area contributed by atoms with E-state index >= 15 is 0 Å². The average Bonchev–Trinajstić information content (AvgIpc) is 2.70. The van der Waals surface area contributed by atoms with E-state index in [0.29, 0.717) is 50.0 Å². The summed E-state index contributed by atoms with van der Waals surface area (Å²) in [7, 11) is 0. The molecule has 0 bridgehead atoms. The predicted octanol–water partition coefficient (Wildman–Crippen LogP) is 2.83. The van der Waals surface area contributed by atoms with E-state index in [9.17, 15) is 9.59 Å². The number of amides is 1. The van der Waals surface area contributed by atoms with Gasteiger partial charge in [0.15, 0.2) is 0 Å². The van der Waals surface area contributed by atoms with Gasteiger partial charge in [0.05, 0.1) is 19.1 Å². The second-order valence-electron chi connectivity index (χ2n) is 7.70. The number of aryl methyl sites for hydroxylation is 1. The summed E-state index contributed by atoms with van der Waals surface area (Å²) >= 11 is 6.30. The number of carbonyl (C=O) groups excluding carboxylic acids is 1. The molecule has 2 saturated heterocycles. The zero-order chi connectivity index (χ0) is 19.7. The van der Waals surface area contributed by atoms with Crippen molar-refractivity contribution in [1.82, 2.24) is 9.80 Å². The van der Waals surface area contributed by atoms with Gasteiger partial charge in [-0.2, -0.15) is 0 Å². The molecular formula is C21H25ClN2O4. The van der Waals surface area contributed by atoms with Gasteiger partial charge in [-0.05, 0) is 49.6 Å². The highest BCUT2D eigenvalue weighted by molar-refractivity contribution is 6.32. The molecule has 0 N–H and O–H groups in total. The zero-order valence-electron chi connectivity index (χ0n) is 16.1. The first-order chi connectivity index (χ1) is 13.5. The Kier molecular flexibility index (Phi) is 5.71. The van der Waals surface area contributed by atoms with Gasteiger partial charge in [-0.25, -0.2) is 4.79 Å². The number of nitrogens with zero attached hydrogens (tertiary/aromatic N) is 2. The van der Waals surface area contributed by atoms with Crippen LogP contribution < -0.4 is 5.63 Å². The van der Waals surface area contributed by atoms with Crippen LogP contribution in [0.5, 0.6) is 0 Å². The van der Waals surface area contributed by atoms with Crippen molar-refractivity contribution in [3.63, 3.8) is 0 Å². The van der Waals surface area contributed by atoms with Crippen LogP contribution in [0.1, 0.15) is 24.0 Å². The van der Waals surface area contributed by atoms with Crippen molar-refractivity contribution in [2.24, 2.45) is 5.92 Å². The van der Waals surface area contributed by atoms with E-state index in [2.05, 4.69) is 4.90 Å². The van der Waals surface area contributed by atoms with Crippen molar-refractivity contribution >= 4 is 28.5 Å². The van der Waals surface area contributed by atoms with Crippen molar-refractivity contribution < 1.29 is 13.9 Å². The second kappa shape index (κ2) is 8.23. The predicted molar refractivity (Wildman–Crippen MR) is 108 cm³/mol. The van der Waals surface area contributed by atoms with Gasteiger partial charge in [0.1, 0.15) is 5.58 Å². The van der Waals surface area contributed by atoms with Gasteiger partial charge < -0.3 is 14.1 Å². The monoisotopic (exact) mass is 404 g/mol. The quantitative estimate of drug-likeness (QED) is 0.736. The van der Waals surface area contributed by atoms with Crippen LogP contribution in [0.4, 0.5) is 0 Å². The molecule has 7 heteroatoms. The summed E-state index contributed by atoms with van der Waals surface area (Å²) in [6.45, 7) is 6.71. The lowest BCUT2D eigenvalue weighted by Crippen LogP contribution is -2.48. The second-order valence-corrected chi connectivity index (χ2v) is 8.11. The molecular weight excluding hydrogens is 380 g/mol. The highest BCUT2D eigenvalue weighted by atomic mass is 35.5. The fourth-order valence-corrected chi connectivity index (χ4v) is 4.33. The fourth-order valence-electron chi connectivity index (χ4n) is 4.16. The summed E-state index contributed by atoms with van der Waals surface area (Å²) in [6, 6.07) is 5.22. The molecule has 3 heterocycles. The lowest BCUT2D eigenvalue weighted by atomic mass is 9.95. The zero-order valence-corrected chi connectivity index (χ0v) is 16.8. The first-order valence-electron chi connectivity index (χ1n) is 9.83. The lowest BCUT2D eigenvalue weighted by Gasteiger charge is -2.36. The Morgan fingerprint density at radius 3 is 2.79 bits per heavy atom. The van der Waals surface area contributed by atoms with Crippen molar-refractivity contribution in [3.05, 3.63) is 44.8 Å². The van der Waals surface area contributed by atoms with E-state index in [1.807, 2.05) is 24.0 Å². The molecule has 28 heavy (non-hydrogen) atoms. The van der Waals surface area contributed by atoms with Crippen LogP contribution in [0, 0.1) is 12.8 Å². The van der Waals surface area contributed by atoms with Crippen LogP contribution in [0.3, 0.4) is 0 Å². The topological polar surface area (TPSA) is 63.0 Å². The minimum absolute atomic E-state index is 0.00377. The molecule has 1 amide bonds. The summed E-state index contributed by atoms with van der Waals surface area (Å²) < 4.78 is 10.7. The van der Waals surface area contributed by atoms with Crippen LogP contribution in [0.2, 0.25) is 5.02 Å². The average molecular weight is 405 g/mol. The number of carbonyl (C=O) groups is 1. The van der Waals surface area contributed by atoms with Crippen LogP contribution in [0.15, 0.2) is 27.4 Å². The van der Waals surface area contributed by atoms with Crippen molar-refractivity contribution in [2.45, 2.75) is 26.3 Å². The van der Waals surface area contributed by atoms with Crippen LogP contribution >= 0.6 is 11.6 Å². The Morgan fingerprint density at radius 1 is 1.21 bits per heavy atom. The number of benzene rings is 1. The number of likely N-dealkylation sites (tertiary alicyclic amines) is 1. The van der Waals surface area contributed by atoms with Crippen LogP contribution in [-0.2, 0) is 16.1 Å². The molecule has 1 atom stereocenters. The molecule has 2 aliphatic heterocycles. The minimum Gasteiger partial charge on any atom is -0.423 e. The molecule has 2 fully saturated rings. The van der Waals surface area contributed by atoms with E-state index in [1.165, 1.54) is 0 Å². The third-order valence-corrected chi connectivity index (χ3v) is 6.09. The largest absolute Gasteiger partial charge is 0.423 e. The molecule has 0 spiro atoms. The highest BCUT2D eigenvalue weighted by Crippen LogP contribution is 2.27. The maximum absolute atomic E-state index is 12.9. The Hall–Kier alpha value is -1.89. The van der Waals surface area contributed by atoms with Gasteiger partial charge in [-0.15, -0.1) is 0 Å². The molecule has 1 aromatic carbocycles. The first kappa shape index (κ1) is 19.4. The summed E-state index contributed by atoms with van der Waals surface area (Å²) in [4.78, 5) is 29.1. The lowest BCUT2D eigenvalue weighted by molar-refractivity contribution is -0.141.